The highest BCUT2D eigenvalue weighted by atomic mass is 16.3. The predicted molar refractivity (Wildman–Crippen MR) is 76.1 cm³/mol. The maximum Gasteiger partial charge on any atom is 0.240 e. The Morgan fingerprint density at radius 3 is 2.45 bits per heavy atom. The lowest BCUT2D eigenvalue weighted by Gasteiger charge is -2.23. The summed E-state index contributed by atoms with van der Waals surface area (Å²) in [7, 11) is 1.52. The van der Waals surface area contributed by atoms with Crippen LogP contribution in [0.2, 0.25) is 0 Å². The molecule has 110 valence electrons. The van der Waals surface area contributed by atoms with Crippen LogP contribution in [0, 0.1) is 0 Å². The minimum absolute atomic E-state index is 0.00904. The van der Waals surface area contributed by atoms with Gasteiger partial charge < -0.3 is 21.1 Å². The zero-order valence-corrected chi connectivity index (χ0v) is 11.8. The Bertz CT molecular complexity index is 459. The number of phenols is 1. The molecule has 1 aromatic carbocycles. The van der Waals surface area contributed by atoms with Crippen molar-refractivity contribution in [3.63, 3.8) is 0 Å². The van der Waals surface area contributed by atoms with Crippen LogP contribution in [0.4, 0.5) is 0 Å². The molecule has 1 aromatic rings. The molecule has 6 heteroatoms. The van der Waals surface area contributed by atoms with E-state index in [1.807, 2.05) is 0 Å². The Balaban J connectivity index is 2.64. The third-order valence-electron chi connectivity index (χ3n) is 3.02. The summed E-state index contributed by atoms with van der Waals surface area (Å²) in [6.07, 6.45) is 0.364. The fourth-order valence-corrected chi connectivity index (χ4v) is 1.81. The van der Waals surface area contributed by atoms with Crippen molar-refractivity contribution in [1.29, 1.82) is 0 Å². The van der Waals surface area contributed by atoms with Gasteiger partial charge in [0, 0.05) is 13.6 Å². The van der Waals surface area contributed by atoms with E-state index < -0.39 is 6.04 Å². The van der Waals surface area contributed by atoms with Crippen LogP contribution in [0.5, 0.6) is 5.75 Å². The van der Waals surface area contributed by atoms with Gasteiger partial charge in [-0.1, -0.05) is 12.1 Å². The van der Waals surface area contributed by atoms with Crippen LogP contribution in [0.25, 0.3) is 0 Å². The van der Waals surface area contributed by atoms with Gasteiger partial charge in [-0.2, -0.15) is 0 Å². The lowest BCUT2D eigenvalue weighted by molar-refractivity contribution is -0.136. The molecule has 0 radical (unpaired) electrons. The largest absolute Gasteiger partial charge is 0.508 e. The molecule has 0 saturated carbocycles. The first kappa shape index (κ1) is 16.0. The van der Waals surface area contributed by atoms with Crippen molar-refractivity contribution in [3.8, 4) is 5.75 Å². The van der Waals surface area contributed by atoms with E-state index in [2.05, 4.69) is 5.32 Å². The van der Waals surface area contributed by atoms with Crippen LogP contribution >= 0.6 is 0 Å². The van der Waals surface area contributed by atoms with E-state index in [4.69, 9.17) is 5.73 Å². The van der Waals surface area contributed by atoms with Crippen LogP contribution < -0.4 is 11.1 Å². The molecule has 0 aromatic heterocycles. The Morgan fingerprint density at radius 1 is 1.35 bits per heavy atom. The van der Waals surface area contributed by atoms with Crippen LogP contribution in [0.1, 0.15) is 12.5 Å². The smallest absolute Gasteiger partial charge is 0.240 e. The third-order valence-corrected chi connectivity index (χ3v) is 3.02. The second-order valence-electron chi connectivity index (χ2n) is 4.50. The first-order chi connectivity index (χ1) is 9.47. The standard InChI is InChI=1S/C14H21N3O3/c1-3-17(9-13(19)16-2)14(20)12(15)8-10-4-6-11(18)7-5-10/h4-7,12,18H,3,8-9,15H2,1-2H3,(H,16,19)/t12-/m1/s1. The van der Waals surface area contributed by atoms with Gasteiger partial charge in [0.25, 0.3) is 0 Å². The van der Waals surface area contributed by atoms with E-state index >= 15 is 0 Å². The van der Waals surface area contributed by atoms with Gasteiger partial charge in [-0.15, -0.1) is 0 Å². The predicted octanol–water partition coefficient (Wildman–Crippen LogP) is -0.143. The van der Waals surface area contributed by atoms with Gasteiger partial charge in [0.1, 0.15) is 5.75 Å². The van der Waals surface area contributed by atoms with Crippen molar-refractivity contribution in [2.24, 2.45) is 5.73 Å². The number of hydrogen-bond acceptors (Lipinski definition) is 4. The molecule has 0 heterocycles. The van der Waals surface area contributed by atoms with Crippen LogP contribution in [-0.2, 0) is 16.0 Å². The number of rotatable bonds is 6. The number of amides is 2. The first-order valence-electron chi connectivity index (χ1n) is 6.50. The number of hydrogen-bond donors (Lipinski definition) is 3. The number of phenolic OH excluding ortho intramolecular Hbond substituents is 1. The molecular weight excluding hydrogens is 258 g/mol. The summed E-state index contributed by atoms with van der Waals surface area (Å²) in [5, 5.41) is 11.7. The molecule has 0 aliphatic carbocycles. The average molecular weight is 279 g/mol. The Hall–Kier alpha value is -2.08. The summed E-state index contributed by atoms with van der Waals surface area (Å²) < 4.78 is 0. The van der Waals surface area contributed by atoms with Gasteiger partial charge in [-0.3, -0.25) is 9.59 Å². The van der Waals surface area contributed by atoms with Gasteiger partial charge >= 0.3 is 0 Å². The fraction of sp³-hybridized carbons (Fsp3) is 0.429. The molecule has 0 saturated heterocycles. The minimum Gasteiger partial charge on any atom is -0.508 e. The first-order valence-corrected chi connectivity index (χ1v) is 6.50. The molecule has 0 fully saturated rings. The number of nitrogens with one attached hydrogen (secondary N) is 1. The maximum absolute atomic E-state index is 12.2. The normalized spacial score (nSPS) is 11.8. The Labute approximate surface area is 118 Å². The summed E-state index contributed by atoms with van der Waals surface area (Å²) in [6.45, 7) is 2.23. The number of carbonyl (C=O) groups is 2. The number of likely N-dealkylation sites (N-methyl/N-ethyl adjacent to an activating group) is 2. The van der Waals surface area contributed by atoms with Crippen molar-refractivity contribution in [2.75, 3.05) is 20.1 Å². The fourth-order valence-electron chi connectivity index (χ4n) is 1.81. The van der Waals surface area contributed by atoms with E-state index in [1.54, 1.807) is 31.2 Å². The molecule has 0 bridgehead atoms. The van der Waals surface area contributed by atoms with Gasteiger partial charge in [0.15, 0.2) is 0 Å². The van der Waals surface area contributed by atoms with Crippen molar-refractivity contribution >= 4 is 11.8 Å². The van der Waals surface area contributed by atoms with Crippen LogP contribution in [0.15, 0.2) is 24.3 Å². The molecule has 20 heavy (non-hydrogen) atoms. The van der Waals surface area contributed by atoms with Crippen molar-refractivity contribution in [1.82, 2.24) is 10.2 Å². The molecule has 6 nitrogen and oxygen atoms in total. The summed E-state index contributed by atoms with van der Waals surface area (Å²) in [5.74, 6) is -0.315. The van der Waals surface area contributed by atoms with Gasteiger partial charge in [-0.05, 0) is 31.0 Å². The molecule has 4 N–H and O–H groups in total. The SMILES string of the molecule is CCN(CC(=O)NC)C(=O)[C@H](N)Cc1ccc(O)cc1. The number of aromatic hydroxyl groups is 1. The summed E-state index contributed by atoms with van der Waals surface area (Å²) in [4.78, 5) is 24.9. The van der Waals surface area contributed by atoms with E-state index in [-0.39, 0.29) is 24.1 Å². The molecule has 1 atom stereocenters. The summed E-state index contributed by atoms with van der Waals surface area (Å²) in [6, 6.07) is 5.84. The average Bonchev–Trinajstić information content (AvgIpc) is 2.46. The number of nitrogens with zero attached hydrogens (tertiary/aromatic N) is 1. The zero-order valence-electron chi connectivity index (χ0n) is 11.8. The topological polar surface area (TPSA) is 95.7 Å². The highest BCUT2D eigenvalue weighted by Gasteiger charge is 2.21. The summed E-state index contributed by atoms with van der Waals surface area (Å²) in [5.41, 5.74) is 6.76. The number of carbonyl (C=O) groups excluding carboxylic acids is 2. The lowest BCUT2D eigenvalue weighted by Crippen LogP contribution is -2.48. The van der Waals surface area contributed by atoms with Gasteiger partial charge in [0.2, 0.25) is 11.8 Å². The lowest BCUT2D eigenvalue weighted by atomic mass is 10.1. The molecule has 2 amide bonds. The Morgan fingerprint density at radius 2 is 1.95 bits per heavy atom. The highest BCUT2D eigenvalue weighted by Crippen LogP contribution is 2.11. The van der Waals surface area contributed by atoms with E-state index in [9.17, 15) is 14.7 Å². The molecule has 0 aliphatic rings. The van der Waals surface area contributed by atoms with Crippen LogP contribution in [0.3, 0.4) is 0 Å². The maximum atomic E-state index is 12.2. The highest BCUT2D eigenvalue weighted by molar-refractivity contribution is 5.87. The second-order valence-corrected chi connectivity index (χ2v) is 4.50. The van der Waals surface area contributed by atoms with Crippen molar-refractivity contribution in [2.45, 2.75) is 19.4 Å². The molecule has 1 rings (SSSR count). The van der Waals surface area contributed by atoms with Crippen LogP contribution in [-0.4, -0.2) is 48.0 Å². The number of benzene rings is 1. The van der Waals surface area contributed by atoms with E-state index in [0.717, 1.165) is 5.56 Å². The number of nitrogens with two attached hydrogens (primary N) is 1. The molecule has 0 aliphatic heterocycles. The zero-order chi connectivity index (χ0) is 15.1. The van der Waals surface area contributed by atoms with Gasteiger partial charge in [-0.25, -0.2) is 0 Å². The third kappa shape index (κ3) is 4.55. The Kier molecular flexibility index (Phi) is 5.99. The quantitative estimate of drug-likeness (QED) is 0.675. The monoisotopic (exact) mass is 279 g/mol. The van der Waals surface area contributed by atoms with Gasteiger partial charge in [0.05, 0.1) is 12.6 Å². The molecular formula is C14H21N3O3. The van der Waals surface area contributed by atoms with Crippen molar-refractivity contribution in [3.05, 3.63) is 29.8 Å². The minimum atomic E-state index is -0.704. The van der Waals surface area contributed by atoms with E-state index in [1.165, 1.54) is 11.9 Å². The molecule has 0 spiro atoms. The van der Waals surface area contributed by atoms with E-state index in [0.29, 0.717) is 13.0 Å². The summed E-state index contributed by atoms with van der Waals surface area (Å²) >= 11 is 0. The van der Waals surface area contributed by atoms with Crippen molar-refractivity contribution < 1.29 is 14.7 Å². The molecule has 0 unspecified atom stereocenters. The second kappa shape index (κ2) is 7.49.